The number of benzene rings is 1. The van der Waals surface area contributed by atoms with Gasteiger partial charge in [0, 0.05) is 0 Å². The van der Waals surface area contributed by atoms with Gasteiger partial charge in [-0.05, 0) is 40.5 Å². The average molecular weight is 232 g/mol. The van der Waals surface area contributed by atoms with Crippen molar-refractivity contribution in [1.82, 2.24) is 0 Å². The first-order valence-corrected chi connectivity index (χ1v) is 6.38. The minimum Gasteiger partial charge on any atom is -0.0801 e. The van der Waals surface area contributed by atoms with E-state index in [4.69, 9.17) is 0 Å². The van der Waals surface area contributed by atoms with Crippen molar-refractivity contribution in [2.24, 2.45) is 0 Å². The summed E-state index contributed by atoms with van der Waals surface area (Å²) in [5, 5.41) is 4.00. The Balaban J connectivity index is 2.60. The third-order valence-corrected chi connectivity index (χ3v) is 3.48. The predicted octanol–water partition coefficient (Wildman–Crippen LogP) is 4.19. The van der Waals surface area contributed by atoms with Crippen LogP contribution in [0.15, 0.2) is 54.6 Å². The molecule has 0 aromatic heterocycles. The summed E-state index contributed by atoms with van der Waals surface area (Å²) >= 11 is 0. The lowest BCUT2D eigenvalue weighted by atomic mass is 10.00. The molecule has 1 aliphatic carbocycles. The molecule has 0 nitrogen and oxygen atoms in total. The molecule has 0 unspecified atom stereocenters. The van der Waals surface area contributed by atoms with Gasteiger partial charge in [-0.15, -0.1) is 0 Å². The van der Waals surface area contributed by atoms with E-state index < -0.39 is 0 Å². The van der Waals surface area contributed by atoms with Crippen LogP contribution in [0.3, 0.4) is 0 Å². The zero-order valence-electron chi connectivity index (χ0n) is 10.6. The van der Waals surface area contributed by atoms with Gasteiger partial charge in [0.15, 0.2) is 0 Å². The van der Waals surface area contributed by atoms with Crippen LogP contribution in [0.1, 0.15) is 17.5 Å². The van der Waals surface area contributed by atoms with Crippen LogP contribution in [0.4, 0.5) is 0 Å². The zero-order chi connectivity index (χ0) is 12.4. The fourth-order valence-corrected chi connectivity index (χ4v) is 2.54. The number of rotatable bonds is 0. The maximum absolute atomic E-state index is 2.30. The average Bonchev–Trinajstić information content (AvgIpc) is 2.58. The summed E-state index contributed by atoms with van der Waals surface area (Å²) in [5.41, 5.74) is 2.68. The van der Waals surface area contributed by atoms with Gasteiger partial charge in [0.05, 0.1) is 0 Å². The molecule has 0 radical (unpaired) electrons. The van der Waals surface area contributed by atoms with Crippen molar-refractivity contribution < 1.29 is 0 Å². The van der Waals surface area contributed by atoms with Gasteiger partial charge in [0.25, 0.3) is 0 Å². The van der Waals surface area contributed by atoms with Crippen molar-refractivity contribution >= 4 is 22.9 Å². The molecule has 0 amide bonds. The van der Waals surface area contributed by atoms with Crippen molar-refractivity contribution in [3.63, 3.8) is 0 Å². The van der Waals surface area contributed by atoms with Crippen molar-refractivity contribution in [2.45, 2.75) is 13.3 Å². The number of aryl methyl sites for hydroxylation is 1. The molecular weight excluding hydrogens is 216 g/mol. The van der Waals surface area contributed by atoms with Crippen LogP contribution in [-0.4, -0.2) is 0 Å². The Kier molecular flexibility index (Phi) is 2.85. The molecule has 3 rings (SSSR count). The van der Waals surface area contributed by atoms with Crippen LogP contribution in [-0.2, 0) is 0 Å². The van der Waals surface area contributed by atoms with Gasteiger partial charge in [-0.1, -0.05) is 66.8 Å². The van der Waals surface area contributed by atoms with Crippen LogP contribution < -0.4 is 5.22 Å². The van der Waals surface area contributed by atoms with Gasteiger partial charge in [-0.2, -0.15) is 0 Å². The second kappa shape index (κ2) is 4.66. The maximum atomic E-state index is 2.30. The van der Waals surface area contributed by atoms with Gasteiger partial charge >= 0.3 is 0 Å². The first-order chi connectivity index (χ1) is 8.86. The van der Waals surface area contributed by atoms with Gasteiger partial charge in [0.1, 0.15) is 0 Å². The molecule has 0 N–H and O–H groups in total. The summed E-state index contributed by atoms with van der Waals surface area (Å²) in [5.74, 6) is 0. The molecule has 88 valence electrons. The van der Waals surface area contributed by atoms with E-state index in [-0.39, 0.29) is 0 Å². The summed E-state index contributed by atoms with van der Waals surface area (Å²) in [4.78, 5) is 0. The second-order valence-electron chi connectivity index (χ2n) is 4.64. The first-order valence-electron chi connectivity index (χ1n) is 6.38. The Bertz CT molecular complexity index is 719. The highest BCUT2D eigenvalue weighted by molar-refractivity contribution is 5.85. The second-order valence-corrected chi connectivity index (χ2v) is 4.64. The Morgan fingerprint density at radius 2 is 1.72 bits per heavy atom. The zero-order valence-corrected chi connectivity index (χ0v) is 10.6. The van der Waals surface area contributed by atoms with Gasteiger partial charge < -0.3 is 0 Å². The van der Waals surface area contributed by atoms with E-state index in [9.17, 15) is 0 Å². The molecule has 2 aromatic carbocycles. The predicted molar refractivity (Wildman–Crippen MR) is 79.6 cm³/mol. The van der Waals surface area contributed by atoms with Crippen molar-refractivity contribution in [1.29, 1.82) is 0 Å². The van der Waals surface area contributed by atoms with E-state index in [1.165, 1.54) is 27.1 Å². The SMILES string of the molecule is Cc1c2ccccccc3c1c(cc2)C=CCC=3. The highest BCUT2D eigenvalue weighted by Gasteiger charge is 2.02. The third-order valence-electron chi connectivity index (χ3n) is 3.48. The minimum atomic E-state index is 1.00. The quantitative estimate of drug-likeness (QED) is 0.639. The highest BCUT2D eigenvalue weighted by Crippen LogP contribution is 2.20. The molecule has 0 aliphatic heterocycles. The Hall–Kier alpha value is -2.08. The Labute approximate surface area is 108 Å². The van der Waals surface area contributed by atoms with Crippen LogP contribution in [0, 0.1) is 6.92 Å². The first kappa shape index (κ1) is 11.0. The standard InChI is InChI=1S/C18H16/c1-14-15-8-4-2-3-5-9-16-10-6-7-11-17(13-12-15)18(14)16/h2-5,7-13H,6H2,1H3. The summed E-state index contributed by atoms with van der Waals surface area (Å²) in [6.07, 6.45) is 7.76. The van der Waals surface area contributed by atoms with Crippen LogP contribution in [0.5, 0.6) is 0 Å². The van der Waals surface area contributed by atoms with Gasteiger partial charge in [-0.3, -0.25) is 0 Å². The van der Waals surface area contributed by atoms with Crippen molar-refractivity contribution in [3.8, 4) is 0 Å². The molecule has 0 saturated heterocycles. The molecule has 1 aliphatic rings. The molecule has 0 heteroatoms. The van der Waals surface area contributed by atoms with Crippen LogP contribution >= 0.6 is 0 Å². The summed E-state index contributed by atoms with van der Waals surface area (Å²) in [6, 6.07) is 17.2. The maximum Gasteiger partial charge on any atom is -0.00794 e. The van der Waals surface area contributed by atoms with Crippen molar-refractivity contribution in [3.05, 3.63) is 71.0 Å². The topological polar surface area (TPSA) is 0 Å². The highest BCUT2D eigenvalue weighted by atomic mass is 14.1. The molecule has 0 spiro atoms. The molecule has 2 aromatic rings. The molecule has 18 heavy (non-hydrogen) atoms. The number of fused-ring (bicyclic) bond motifs is 1. The van der Waals surface area contributed by atoms with Crippen LogP contribution in [0.2, 0.25) is 0 Å². The number of hydrogen-bond donors (Lipinski definition) is 0. The Morgan fingerprint density at radius 3 is 2.61 bits per heavy atom. The monoisotopic (exact) mass is 232 g/mol. The lowest BCUT2D eigenvalue weighted by molar-refractivity contribution is 1.49. The fraction of sp³-hybridized carbons (Fsp3) is 0.111. The molecule has 2 bridgehead atoms. The summed E-state index contributed by atoms with van der Waals surface area (Å²) in [7, 11) is 0. The summed E-state index contributed by atoms with van der Waals surface area (Å²) in [6.45, 7) is 2.21. The van der Waals surface area contributed by atoms with E-state index in [2.05, 4.69) is 73.7 Å². The summed E-state index contributed by atoms with van der Waals surface area (Å²) < 4.78 is 0. The molecular formula is C18H16. The normalized spacial score (nSPS) is 12.7. The molecule has 0 saturated carbocycles. The largest absolute Gasteiger partial charge is 0.0801 e. The fourth-order valence-electron chi connectivity index (χ4n) is 2.54. The van der Waals surface area contributed by atoms with E-state index in [0.29, 0.717) is 0 Å². The van der Waals surface area contributed by atoms with E-state index >= 15 is 0 Å². The minimum absolute atomic E-state index is 1.00. The van der Waals surface area contributed by atoms with E-state index in [1.807, 2.05) is 0 Å². The van der Waals surface area contributed by atoms with Crippen LogP contribution in [0.25, 0.3) is 22.9 Å². The molecule has 0 atom stereocenters. The molecule has 0 fully saturated rings. The lowest BCUT2D eigenvalue weighted by Gasteiger charge is -2.04. The molecule has 0 heterocycles. The third kappa shape index (κ3) is 1.91. The smallest absolute Gasteiger partial charge is 0.00794 e. The Morgan fingerprint density at radius 1 is 0.889 bits per heavy atom. The van der Waals surface area contributed by atoms with E-state index in [1.54, 1.807) is 0 Å². The van der Waals surface area contributed by atoms with Crippen molar-refractivity contribution in [2.75, 3.05) is 0 Å². The van der Waals surface area contributed by atoms with Gasteiger partial charge in [-0.25, -0.2) is 0 Å². The van der Waals surface area contributed by atoms with Gasteiger partial charge in [0.2, 0.25) is 0 Å². The lowest BCUT2D eigenvalue weighted by Crippen LogP contribution is -2.01. The number of hydrogen-bond acceptors (Lipinski definition) is 0. The van der Waals surface area contributed by atoms with E-state index in [0.717, 1.165) is 6.42 Å². The number of allylic oxidation sites excluding steroid dienone is 1.